The number of carbonyl (C=O) groups is 2. The van der Waals surface area contributed by atoms with Crippen LogP contribution in [0.25, 0.3) is 11.1 Å². The highest BCUT2D eigenvalue weighted by Crippen LogP contribution is 2.34. The van der Waals surface area contributed by atoms with Crippen LogP contribution in [0.5, 0.6) is 5.75 Å². The number of nitrogens with zero attached hydrogens (tertiary/aromatic N) is 1. The van der Waals surface area contributed by atoms with E-state index in [0.29, 0.717) is 40.3 Å². The van der Waals surface area contributed by atoms with E-state index in [1.54, 1.807) is 18.2 Å². The van der Waals surface area contributed by atoms with Gasteiger partial charge in [0.1, 0.15) is 17.4 Å². The molecule has 0 aliphatic heterocycles. The van der Waals surface area contributed by atoms with Gasteiger partial charge in [-0.1, -0.05) is 18.5 Å². The number of pyridine rings is 1. The van der Waals surface area contributed by atoms with E-state index in [-0.39, 0.29) is 5.78 Å². The first-order valence-electron chi connectivity index (χ1n) is 10.9. The number of hydrogen-bond donors (Lipinski definition) is 0. The van der Waals surface area contributed by atoms with Crippen molar-refractivity contribution in [1.29, 1.82) is 0 Å². The van der Waals surface area contributed by atoms with Gasteiger partial charge in [-0.25, -0.2) is 4.79 Å². The molecule has 0 fully saturated rings. The summed E-state index contributed by atoms with van der Waals surface area (Å²) < 4.78 is 12.7. The number of Topliss-reactive ketones (excluding diaryl/α,β-unsaturated/α-hetero) is 1. The van der Waals surface area contributed by atoms with Crippen LogP contribution in [0.2, 0.25) is 5.02 Å². The average Bonchev–Trinajstić information content (AvgIpc) is 3.30. The maximum atomic E-state index is 13.3. The Hall–Kier alpha value is -2.90. The van der Waals surface area contributed by atoms with Crippen LogP contribution in [-0.4, -0.2) is 29.0 Å². The molecule has 6 nitrogen and oxygen atoms in total. The minimum atomic E-state index is -0.887. The number of rotatable bonds is 9. The number of thiophene rings is 1. The van der Waals surface area contributed by atoms with Crippen LogP contribution < -0.4 is 10.3 Å². The van der Waals surface area contributed by atoms with Crippen LogP contribution in [0.3, 0.4) is 0 Å². The van der Waals surface area contributed by atoms with Gasteiger partial charge in [0.05, 0.1) is 13.3 Å². The van der Waals surface area contributed by atoms with Gasteiger partial charge in [0.2, 0.25) is 0 Å². The third kappa shape index (κ3) is 5.77. The highest BCUT2D eigenvalue weighted by atomic mass is 35.5. The molecule has 0 spiro atoms. The molecule has 0 N–H and O–H groups in total. The maximum Gasteiger partial charge on any atom is 0.330 e. The molecule has 34 heavy (non-hydrogen) atoms. The lowest BCUT2D eigenvalue weighted by atomic mass is 9.97. The molecule has 1 aromatic carbocycles. The van der Waals surface area contributed by atoms with E-state index in [9.17, 15) is 14.4 Å². The quantitative estimate of drug-likeness (QED) is 0.267. The molecule has 0 bridgehead atoms. The van der Waals surface area contributed by atoms with Crippen LogP contribution >= 0.6 is 22.9 Å². The van der Waals surface area contributed by atoms with Crippen LogP contribution in [0.4, 0.5) is 0 Å². The number of halogens is 1. The smallest absolute Gasteiger partial charge is 0.330 e. The van der Waals surface area contributed by atoms with E-state index in [1.165, 1.54) is 42.2 Å². The maximum absolute atomic E-state index is 13.3. The minimum absolute atomic E-state index is 0.168. The number of ether oxygens (including phenoxy) is 2. The summed E-state index contributed by atoms with van der Waals surface area (Å²) in [6.07, 6.45) is 2.42. The van der Waals surface area contributed by atoms with Gasteiger partial charge in [0, 0.05) is 28.6 Å². The third-order valence-electron chi connectivity index (χ3n) is 5.76. The van der Waals surface area contributed by atoms with Gasteiger partial charge < -0.3 is 9.47 Å². The van der Waals surface area contributed by atoms with Crippen LogP contribution in [-0.2, 0) is 16.0 Å². The molecule has 1 unspecified atom stereocenters. The zero-order chi connectivity index (χ0) is 25.0. The fraction of sp³-hybridized carbons (Fsp3) is 0.346. The molecule has 3 rings (SSSR count). The summed E-state index contributed by atoms with van der Waals surface area (Å²) in [6, 6.07) is 7.27. The number of esters is 1. The van der Waals surface area contributed by atoms with Crippen molar-refractivity contribution in [2.24, 2.45) is 0 Å². The van der Waals surface area contributed by atoms with E-state index in [0.717, 1.165) is 5.56 Å². The SMILES string of the molecule is CCC(C)(C)OC(=O)C(Cc1ccsc1)n1cc(OC)c(-c2cc(Cl)ccc2C(C)=O)cc1=O. The van der Waals surface area contributed by atoms with E-state index in [4.69, 9.17) is 21.1 Å². The predicted molar refractivity (Wildman–Crippen MR) is 135 cm³/mol. The second kappa shape index (κ2) is 10.6. The van der Waals surface area contributed by atoms with Gasteiger partial charge in [-0.15, -0.1) is 0 Å². The molecule has 0 aliphatic rings. The molecule has 1 atom stereocenters. The van der Waals surface area contributed by atoms with Crippen molar-refractivity contribution >= 4 is 34.7 Å². The molecular weight excluding hydrogens is 474 g/mol. The number of benzene rings is 1. The number of aromatic nitrogens is 1. The Labute approximate surface area is 208 Å². The molecule has 0 amide bonds. The molecule has 0 aliphatic carbocycles. The first-order valence-corrected chi connectivity index (χ1v) is 12.2. The predicted octanol–water partition coefficient (Wildman–Crippen LogP) is 5.96. The number of methoxy groups -OCH3 is 1. The topological polar surface area (TPSA) is 74.6 Å². The largest absolute Gasteiger partial charge is 0.495 e. The van der Waals surface area contributed by atoms with E-state index >= 15 is 0 Å². The normalized spacial score (nSPS) is 12.3. The van der Waals surface area contributed by atoms with Gasteiger partial charge in [0.25, 0.3) is 5.56 Å². The molecule has 2 aromatic heterocycles. The van der Waals surface area contributed by atoms with Crippen molar-refractivity contribution in [2.75, 3.05) is 7.11 Å². The Morgan fingerprint density at radius 2 is 1.91 bits per heavy atom. The lowest BCUT2D eigenvalue weighted by molar-refractivity contribution is -0.161. The van der Waals surface area contributed by atoms with Crippen LogP contribution in [0.15, 0.2) is 52.1 Å². The number of carbonyl (C=O) groups excluding carboxylic acids is 2. The Morgan fingerprint density at radius 1 is 1.18 bits per heavy atom. The first-order chi connectivity index (χ1) is 16.1. The number of hydrogen-bond acceptors (Lipinski definition) is 6. The van der Waals surface area contributed by atoms with E-state index in [2.05, 4.69) is 0 Å². The van der Waals surface area contributed by atoms with Crippen molar-refractivity contribution in [1.82, 2.24) is 4.57 Å². The second-order valence-electron chi connectivity index (χ2n) is 8.63. The van der Waals surface area contributed by atoms with Crippen molar-refractivity contribution < 1.29 is 19.1 Å². The summed E-state index contributed by atoms with van der Waals surface area (Å²) in [6.45, 7) is 7.05. The minimum Gasteiger partial charge on any atom is -0.495 e. The summed E-state index contributed by atoms with van der Waals surface area (Å²) >= 11 is 7.70. The molecular formula is C26H28ClNO5S. The number of ketones is 1. The zero-order valence-corrected chi connectivity index (χ0v) is 21.5. The monoisotopic (exact) mass is 501 g/mol. The van der Waals surface area contributed by atoms with Gasteiger partial charge in [0.15, 0.2) is 5.78 Å². The van der Waals surface area contributed by atoms with Crippen molar-refractivity contribution in [3.63, 3.8) is 0 Å². The molecule has 2 heterocycles. The van der Waals surface area contributed by atoms with E-state index in [1.807, 2.05) is 37.6 Å². The molecule has 8 heteroatoms. The Balaban J connectivity index is 2.15. The summed E-state index contributed by atoms with van der Waals surface area (Å²) in [4.78, 5) is 38.8. The molecule has 3 aromatic rings. The standard InChI is InChI=1S/C26H28ClNO5S/c1-6-26(3,4)33-25(31)22(11-17-9-10-34-15-17)28-14-23(32-5)21(13-24(28)30)20-12-18(27)7-8-19(20)16(2)29/h7-10,12-15,22H,6,11H2,1-5H3. The summed E-state index contributed by atoms with van der Waals surface area (Å²) in [5.74, 6) is -0.331. The molecule has 0 radical (unpaired) electrons. The van der Waals surface area contributed by atoms with Gasteiger partial charge in [-0.05, 0) is 73.3 Å². The average molecular weight is 502 g/mol. The fourth-order valence-electron chi connectivity index (χ4n) is 3.53. The van der Waals surface area contributed by atoms with Gasteiger partial charge >= 0.3 is 5.97 Å². The van der Waals surface area contributed by atoms with Crippen molar-refractivity contribution in [2.45, 2.75) is 52.2 Å². The molecule has 0 saturated carbocycles. The van der Waals surface area contributed by atoms with Crippen molar-refractivity contribution in [3.8, 4) is 16.9 Å². The van der Waals surface area contributed by atoms with Crippen molar-refractivity contribution in [3.05, 3.63) is 73.8 Å². The van der Waals surface area contributed by atoms with Gasteiger partial charge in [-0.2, -0.15) is 11.3 Å². The summed E-state index contributed by atoms with van der Waals surface area (Å²) in [5, 5.41) is 4.28. The highest BCUT2D eigenvalue weighted by molar-refractivity contribution is 7.07. The Morgan fingerprint density at radius 3 is 2.50 bits per heavy atom. The highest BCUT2D eigenvalue weighted by Gasteiger charge is 2.30. The van der Waals surface area contributed by atoms with Crippen LogP contribution in [0, 0.1) is 0 Å². The lowest BCUT2D eigenvalue weighted by Gasteiger charge is -2.27. The second-order valence-corrected chi connectivity index (χ2v) is 9.85. The molecule has 180 valence electrons. The third-order valence-corrected chi connectivity index (χ3v) is 6.73. The fourth-order valence-corrected chi connectivity index (χ4v) is 4.39. The zero-order valence-electron chi connectivity index (χ0n) is 19.9. The summed E-state index contributed by atoms with van der Waals surface area (Å²) in [7, 11) is 1.47. The van der Waals surface area contributed by atoms with Gasteiger partial charge in [-0.3, -0.25) is 14.2 Å². The Kier molecular flexibility index (Phi) is 8.00. The first kappa shape index (κ1) is 25.7. The van der Waals surface area contributed by atoms with E-state index < -0.39 is 23.2 Å². The molecule has 0 saturated heterocycles. The Bertz CT molecular complexity index is 1250. The lowest BCUT2D eigenvalue weighted by Crippen LogP contribution is -2.36. The summed E-state index contributed by atoms with van der Waals surface area (Å²) in [5.41, 5.74) is 1.16. The van der Waals surface area contributed by atoms with Crippen LogP contribution in [0.1, 0.15) is 56.1 Å².